The summed E-state index contributed by atoms with van der Waals surface area (Å²) in [6.07, 6.45) is 14.9. The van der Waals surface area contributed by atoms with E-state index in [2.05, 4.69) is 82.5 Å². The Labute approximate surface area is 269 Å². The molecule has 0 bridgehead atoms. The van der Waals surface area contributed by atoms with Gasteiger partial charge in [-0.15, -0.1) is 0 Å². The van der Waals surface area contributed by atoms with E-state index in [0.29, 0.717) is 0 Å². The molecule has 2 aromatic rings. The fourth-order valence-corrected chi connectivity index (χ4v) is 24.5. The number of halogens is 2. The van der Waals surface area contributed by atoms with Crippen molar-refractivity contribution in [2.24, 2.45) is 23.7 Å². The van der Waals surface area contributed by atoms with Crippen LogP contribution in [0, 0.1) is 38.5 Å². The molecule has 0 N–H and O–H groups in total. The Morgan fingerprint density at radius 1 is 0.825 bits per heavy atom. The molecule has 3 aliphatic carbocycles. The minimum atomic E-state index is -1.34. The van der Waals surface area contributed by atoms with Crippen molar-refractivity contribution in [3.8, 4) is 0 Å². The molecule has 3 aliphatic rings. The van der Waals surface area contributed by atoms with Crippen molar-refractivity contribution in [2.45, 2.75) is 121 Å². The van der Waals surface area contributed by atoms with Crippen molar-refractivity contribution in [1.82, 2.24) is 0 Å². The van der Waals surface area contributed by atoms with Crippen molar-refractivity contribution < 1.29 is 20.8 Å². The van der Waals surface area contributed by atoms with E-state index in [9.17, 15) is 0 Å². The second-order valence-corrected chi connectivity index (χ2v) is 34.0. The number of hydrogen-bond donors (Lipinski definition) is 0. The van der Waals surface area contributed by atoms with Gasteiger partial charge in [0.1, 0.15) is 0 Å². The van der Waals surface area contributed by atoms with Crippen molar-refractivity contribution in [3.05, 3.63) is 62.9 Å². The van der Waals surface area contributed by atoms with E-state index >= 15 is 0 Å². The zero-order valence-electron chi connectivity index (χ0n) is 26.9. The van der Waals surface area contributed by atoms with Crippen molar-refractivity contribution >= 4 is 43.0 Å². The van der Waals surface area contributed by atoms with Gasteiger partial charge in [0.2, 0.25) is 0 Å². The molecular weight excluding hydrogens is 639 g/mol. The molecule has 0 radical (unpaired) electrons. The number of unbranched alkanes of at least 4 members (excludes halogenated alkanes) is 1. The van der Waals surface area contributed by atoms with Crippen LogP contribution in [0.25, 0.3) is 10.8 Å². The Morgan fingerprint density at radius 3 is 2.20 bits per heavy atom. The van der Waals surface area contributed by atoms with Crippen LogP contribution in [0.3, 0.4) is 0 Å². The van der Waals surface area contributed by atoms with Gasteiger partial charge in [0.25, 0.3) is 0 Å². The maximum absolute atomic E-state index is 4.93. The molecule has 2 aromatic carbocycles. The summed E-state index contributed by atoms with van der Waals surface area (Å²) in [6.45, 7) is 16.6. The normalized spacial score (nSPS) is 29.9. The molecule has 7 atom stereocenters. The Morgan fingerprint density at radius 2 is 1.50 bits per heavy atom. The van der Waals surface area contributed by atoms with Crippen LogP contribution in [0.1, 0.15) is 89.5 Å². The van der Waals surface area contributed by atoms with Crippen molar-refractivity contribution in [2.75, 3.05) is 0 Å². The van der Waals surface area contributed by atoms with E-state index in [0.717, 1.165) is 40.7 Å². The molecule has 40 heavy (non-hydrogen) atoms. The molecule has 3 saturated carbocycles. The zero-order chi connectivity index (χ0) is 27.5. The van der Waals surface area contributed by atoms with Crippen LogP contribution in [0.2, 0.25) is 37.3 Å². The van der Waals surface area contributed by atoms with E-state index in [4.69, 9.17) is 17.0 Å². The molecule has 5 heteroatoms. The monoisotopic (exact) mass is 694 g/mol. The fourth-order valence-electron chi connectivity index (χ4n) is 9.73. The van der Waals surface area contributed by atoms with Crippen LogP contribution < -0.4 is 0 Å². The number of rotatable bonds is 7. The topological polar surface area (TPSA) is 0 Å². The first-order valence-electron chi connectivity index (χ1n) is 15.6. The van der Waals surface area contributed by atoms with Crippen LogP contribution >= 0.6 is 17.0 Å². The molecule has 0 heterocycles. The van der Waals surface area contributed by atoms with Crippen LogP contribution in [0.4, 0.5) is 0 Å². The summed E-state index contributed by atoms with van der Waals surface area (Å²) in [4.78, 5) is 0. The third kappa shape index (κ3) is 7.45. The summed E-state index contributed by atoms with van der Waals surface area (Å²) in [7, 11) is 7.26. The van der Waals surface area contributed by atoms with Crippen molar-refractivity contribution in [3.63, 3.8) is 0 Å². The van der Waals surface area contributed by atoms with E-state index in [1.165, 1.54) is 55.7 Å². The van der Waals surface area contributed by atoms with Crippen molar-refractivity contribution in [1.29, 1.82) is 0 Å². The fraction of sp³-hybridized carbons (Fsp3) is 0.657. The molecular formula is C35H58Cl2Si2Zr. The van der Waals surface area contributed by atoms with Gasteiger partial charge in [-0.1, -0.05) is 134 Å². The average molecular weight is 697 g/mol. The quantitative estimate of drug-likeness (QED) is 0.200. The number of hydrogen-bond acceptors (Lipinski definition) is 0. The molecule has 224 valence electrons. The zero-order valence-corrected chi connectivity index (χ0v) is 32.9. The van der Waals surface area contributed by atoms with Crippen LogP contribution in [0.15, 0.2) is 42.5 Å². The SMILES string of the molecule is CCCCC1CCC([Si](C)(C)[Si](C)(C)C2C(C)CC3C(c4cccc5ccccc45)CCCC32)C1.[CH3-].[CH3-].[Cl][Zr+2][Cl]. The summed E-state index contributed by atoms with van der Waals surface area (Å²) in [5.41, 5.74) is 3.84. The molecule has 0 aliphatic heterocycles. The van der Waals surface area contributed by atoms with E-state index < -0.39 is 36.0 Å². The standard InChI is InChI=1S/C33H52Si2.2CH3.2ClH.Zr/c1-7-8-13-25-20-21-27(23-25)34(3,4)35(5,6)33-24(2)22-32-30(18-12-19-31(32)33)29-17-11-15-26-14-9-10-16-28(26)29;;;;;/h9-11,14-17,24-25,27,30-33H,7-8,12-13,18-23H2,1-6H3;2*1H3;2*1H;/q;2*-1;;;+4/p-2. The van der Waals surface area contributed by atoms with Crippen LogP contribution in [-0.2, 0) is 20.8 Å². The molecule has 0 saturated heterocycles. The number of benzene rings is 2. The van der Waals surface area contributed by atoms with Gasteiger partial charge in [-0.05, 0) is 69.8 Å². The van der Waals surface area contributed by atoms with Gasteiger partial charge in [-0.25, -0.2) is 0 Å². The van der Waals surface area contributed by atoms with Gasteiger partial charge in [0.15, 0.2) is 0 Å². The molecule has 0 amide bonds. The molecule has 0 aromatic heterocycles. The number of fused-ring (bicyclic) bond motifs is 2. The summed E-state index contributed by atoms with van der Waals surface area (Å²) < 4.78 is 0. The third-order valence-electron chi connectivity index (χ3n) is 12.1. The summed E-state index contributed by atoms with van der Waals surface area (Å²) in [5.74, 6) is 4.69. The maximum atomic E-state index is 4.93. The van der Waals surface area contributed by atoms with Gasteiger partial charge in [-0.3, -0.25) is 0 Å². The Bertz CT molecular complexity index is 1040. The van der Waals surface area contributed by atoms with Crippen LogP contribution in [0.5, 0.6) is 0 Å². The molecule has 5 rings (SSSR count). The first-order valence-corrected chi connectivity index (χ1v) is 29.1. The molecule has 3 fully saturated rings. The predicted octanol–water partition coefficient (Wildman–Crippen LogP) is 12.9. The second-order valence-electron chi connectivity index (χ2n) is 14.2. The van der Waals surface area contributed by atoms with Gasteiger partial charge in [-0.2, -0.15) is 0 Å². The Hall–Kier alpha value is 0.597. The van der Waals surface area contributed by atoms with Gasteiger partial charge >= 0.3 is 37.9 Å². The van der Waals surface area contributed by atoms with Gasteiger partial charge in [0, 0.05) is 15.2 Å². The van der Waals surface area contributed by atoms with E-state index in [-0.39, 0.29) is 14.9 Å². The molecule has 0 spiro atoms. The summed E-state index contributed by atoms with van der Waals surface area (Å²) in [5, 5.41) is 2.98. The van der Waals surface area contributed by atoms with E-state index in [1.54, 1.807) is 24.8 Å². The molecule has 7 unspecified atom stereocenters. The molecule has 0 nitrogen and oxygen atoms in total. The summed E-state index contributed by atoms with van der Waals surface area (Å²) >= 11 is -0.826. The van der Waals surface area contributed by atoms with Gasteiger partial charge < -0.3 is 14.9 Å². The van der Waals surface area contributed by atoms with Gasteiger partial charge in [0.05, 0.1) is 0 Å². The minimum absolute atomic E-state index is 0. The average Bonchev–Trinajstić information content (AvgIpc) is 3.52. The second kappa shape index (κ2) is 16.1. The Kier molecular flexibility index (Phi) is 14.8. The van der Waals surface area contributed by atoms with Crippen LogP contribution in [-0.4, -0.2) is 15.2 Å². The predicted molar refractivity (Wildman–Crippen MR) is 185 cm³/mol. The third-order valence-corrected chi connectivity index (χ3v) is 32.8. The first kappa shape index (κ1) is 36.8. The van der Waals surface area contributed by atoms with E-state index in [1.807, 2.05) is 0 Å². The first-order chi connectivity index (χ1) is 18.2. The summed E-state index contributed by atoms with van der Waals surface area (Å²) in [6, 6.07) is 16.3. The Balaban J connectivity index is 0.00000107.